The highest BCUT2D eigenvalue weighted by molar-refractivity contribution is 6.45. The fraction of sp³-hybridized carbons (Fsp3) is 0.304. The summed E-state index contributed by atoms with van der Waals surface area (Å²) in [5, 5.41) is 0. The quantitative estimate of drug-likeness (QED) is 0.769. The second kappa shape index (κ2) is 7.60. The predicted octanol–water partition coefficient (Wildman–Crippen LogP) is 3.17. The number of hydrogen-bond acceptors (Lipinski definition) is 4. The fourth-order valence-electron chi connectivity index (χ4n) is 3.69. The van der Waals surface area contributed by atoms with Crippen molar-refractivity contribution in [3.63, 3.8) is 0 Å². The lowest BCUT2D eigenvalue weighted by Crippen LogP contribution is -2.40. The summed E-state index contributed by atoms with van der Waals surface area (Å²) in [6, 6.07) is 15.4. The summed E-state index contributed by atoms with van der Waals surface area (Å²) in [6.07, 6.45) is 0.911. The molecule has 1 fully saturated rings. The number of rotatable bonds is 4. The minimum atomic E-state index is -0.264. The first kappa shape index (κ1) is 18.4. The zero-order chi connectivity index (χ0) is 19.7. The Morgan fingerprint density at radius 2 is 1.54 bits per heavy atom. The largest absolute Gasteiger partial charge is 0.378 e. The Labute approximate surface area is 165 Å². The Balaban J connectivity index is 1.79. The lowest BCUT2D eigenvalue weighted by atomic mass is 10.0. The zero-order valence-electron chi connectivity index (χ0n) is 16.3. The van der Waals surface area contributed by atoms with Gasteiger partial charge in [-0.15, -0.1) is 0 Å². The number of ether oxygens (including phenoxy) is 1. The highest BCUT2D eigenvalue weighted by Crippen LogP contribution is 2.35. The van der Waals surface area contributed by atoms with E-state index in [0.717, 1.165) is 17.5 Å². The molecule has 0 atom stereocenters. The summed E-state index contributed by atoms with van der Waals surface area (Å²) in [7, 11) is 0. The fourth-order valence-corrected chi connectivity index (χ4v) is 3.69. The normalized spacial score (nSPS) is 17.6. The average Bonchev–Trinajstić information content (AvgIpc) is 2.99. The molecule has 2 aromatic rings. The molecule has 144 valence electrons. The predicted molar refractivity (Wildman–Crippen MR) is 109 cm³/mol. The van der Waals surface area contributed by atoms with Crippen LogP contribution in [0.5, 0.6) is 0 Å². The Morgan fingerprint density at radius 1 is 0.893 bits per heavy atom. The Kier molecular flexibility index (Phi) is 5.01. The van der Waals surface area contributed by atoms with Crippen molar-refractivity contribution in [1.82, 2.24) is 4.90 Å². The van der Waals surface area contributed by atoms with Gasteiger partial charge in [0.05, 0.1) is 24.5 Å². The molecule has 0 saturated carbocycles. The molecule has 1 saturated heterocycles. The molecule has 0 aliphatic carbocycles. The van der Waals surface area contributed by atoms with Crippen molar-refractivity contribution in [2.75, 3.05) is 31.2 Å². The lowest BCUT2D eigenvalue weighted by molar-refractivity contribution is -0.121. The maximum atomic E-state index is 13.4. The van der Waals surface area contributed by atoms with Gasteiger partial charge < -0.3 is 9.64 Å². The number of carbonyl (C=O) groups is 2. The van der Waals surface area contributed by atoms with Gasteiger partial charge in [0.1, 0.15) is 5.70 Å². The third-order valence-corrected chi connectivity index (χ3v) is 5.33. The molecule has 0 aromatic heterocycles. The van der Waals surface area contributed by atoms with E-state index >= 15 is 0 Å². The number of anilines is 1. The molecular weight excluding hydrogens is 352 g/mol. The van der Waals surface area contributed by atoms with Crippen LogP contribution < -0.4 is 4.90 Å². The van der Waals surface area contributed by atoms with Gasteiger partial charge in [-0.05, 0) is 36.6 Å². The third-order valence-electron chi connectivity index (χ3n) is 5.33. The minimum absolute atomic E-state index is 0.258. The van der Waals surface area contributed by atoms with Crippen LogP contribution in [0.25, 0.3) is 5.57 Å². The van der Waals surface area contributed by atoms with Gasteiger partial charge in [-0.2, -0.15) is 0 Å². The average molecular weight is 376 g/mol. The molecule has 4 rings (SSSR count). The molecule has 0 bridgehead atoms. The van der Waals surface area contributed by atoms with E-state index in [0.29, 0.717) is 43.3 Å². The summed E-state index contributed by atoms with van der Waals surface area (Å²) in [6.45, 7) is 6.40. The van der Waals surface area contributed by atoms with E-state index in [2.05, 4.69) is 6.92 Å². The molecule has 0 spiro atoms. The summed E-state index contributed by atoms with van der Waals surface area (Å²) < 4.78 is 5.44. The number of carbonyl (C=O) groups excluding carboxylic acids is 2. The number of morpholine rings is 1. The van der Waals surface area contributed by atoms with Crippen molar-refractivity contribution in [3.8, 4) is 0 Å². The zero-order valence-corrected chi connectivity index (χ0v) is 16.3. The summed E-state index contributed by atoms with van der Waals surface area (Å²) in [5.41, 5.74) is 4.63. The van der Waals surface area contributed by atoms with Crippen LogP contribution in [0.1, 0.15) is 23.6 Å². The van der Waals surface area contributed by atoms with Gasteiger partial charge in [0.15, 0.2) is 0 Å². The van der Waals surface area contributed by atoms with Gasteiger partial charge >= 0.3 is 0 Å². The van der Waals surface area contributed by atoms with Crippen LogP contribution in [0.15, 0.2) is 54.2 Å². The maximum Gasteiger partial charge on any atom is 0.282 e. The Morgan fingerprint density at radius 3 is 2.14 bits per heavy atom. The Bertz CT molecular complexity index is 923. The molecule has 5 heteroatoms. The van der Waals surface area contributed by atoms with Crippen LogP contribution in [0.2, 0.25) is 0 Å². The molecule has 0 unspecified atom stereocenters. The van der Waals surface area contributed by atoms with Crippen molar-refractivity contribution < 1.29 is 14.3 Å². The molecule has 2 aliphatic heterocycles. The van der Waals surface area contributed by atoms with E-state index < -0.39 is 0 Å². The van der Waals surface area contributed by atoms with Crippen LogP contribution >= 0.6 is 0 Å². The maximum absolute atomic E-state index is 13.4. The highest BCUT2D eigenvalue weighted by atomic mass is 16.5. The van der Waals surface area contributed by atoms with Gasteiger partial charge in [0.2, 0.25) is 0 Å². The van der Waals surface area contributed by atoms with Crippen LogP contribution in [-0.2, 0) is 20.7 Å². The smallest absolute Gasteiger partial charge is 0.282 e. The SMILES string of the molecule is CCc1ccc(N2C(=O)C(c3ccc(C)cc3)=C(N3CCOCC3)C2=O)cc1. The third kappa shape index (κ3) is 3.22. The van der Waals surface area contributed by atoms with E-state index in [9.17, 15) is 9.59 Å². The van der Waals surface area contributed by atoms with Crippen LogP contribution in [0.3, 0.4) is 0 Å². The number of amides is 2. The molecule has 28 heavy (non-hydrogen) atoms. The Hall–Kier alpha value is -2.92. The standard InChI is InChI=1S/C23H24N2O3/c1-3-17-6-10-19(11-7-17)25-22(26)20(18-8-4-16(2)5-9-18)21(23(25)27)24-12-14-28-15-13-24/h4-11H,3,12-15H2,1-2H3. The molecular formula is C23H24N2O3. The van der Waals surface area contributed by atoms with Gasteiger partial charge in [-0.1, -0.05) is 48.9 Å². The van der Waals surface area contributed by atoms with Crippen molar-refractivity contribution in [1.29, 1.82) is 0 Å². The van der Waals surface area contributed by atoms with E-state index in [1.807, 2.05) is 60.4 Å². The number of hydrogen-bond donors (Lipinski definition) is 0. The second-order valence-electron chi connectivity index (χ2n) is 7.15. The van der Waals surface area contributed by atoms with Crippen molar-refractivity contribution in [3.05, 3.63) is 70.9 Å². The number of imide groups is 1. The second-order valence-corrected chi connectivity index (χ2v) is 7.15. The summed E-state index contributed by atoms with van der Waals surface area (Å²) >= 11 is 0. The van der Waals surface area contributed by atoms with Crippen molar-refractivity contribution in [2.45, 2.75) is 20.3 Å². The molecule has 2 heterocycles. The molecule has 2 aromatic carbocycles. The molecule has 2 aliphatic rings. The van der Waals surface area contributed by atoms with E-state index in [4.69, 9.17) is 4.74 Å². The molecule has 2 amide bonds. The number of nitrogens with zero attached hydrogens (tertiary/aromatic N) is 2. The first-order valence-electron chi connectivity index (χ1n) is 9.72. The monoisotopic (exact) mass is 376 g/mol. The molecule has 0 N–H and O–H groups in total. The van der Waals surface area contributed by atoms with Crippen LogP contribution in [0.4, 0.5) is 5.69 Å². The minimum Gasteiger partial charge on any atom is -0.378 e. The highest BCUT2D eigenvalue weighted by Gasteiger charge is 2.42. The molecule has 0 radical (unpaired) electrons. The van der Waals surface area contributed by atoms with Gasteiger partial charge in [0.25, 0.3) is 11.8 Å². The summed E-state index contributed by atoms with van der Waals surface area (Å²) in [4.78, 5) is 30.1. The topological polar surface area (TPSA) is 49.9 Å². The molecule has 5 nitrogen and oxygen atoms in total. The first-order chi connectivity index (χ1) is 13.6. The van der Waals surface area contributed by atoms with Crippen molar-refractivity contribution >= 4 is 23.1 Å². The number of benzene rings is 2. The van der Waals surface area contributed by atoms with Crippen LogP contribution in [0, 0.1) is 6.92 Å². The summed E-state index contributed by atoms with van der Waals surface area (Å²) in [5.74, 6) is -0.522. The van der Waals surface area contributed by atoms with Gasteiger partial charge in [-0.25, -0.2) is 4.90 Å². The van der Waals surface area contributed by atoms with Gasteiger partial charge in [0, 0.05) is 13.1 Å². The lowest BCUT2D eigenvalue weighted by Gasteiger charge is -2.29. The van der Waals surface area contributed by atoms with Crippen molar-refractivity contribution in [2.24, 2.45) is 0 Å². The van der Waals surface area contributed by atoms with Gasteiger partial charge in [-0.3, -0.25) is 9.59 Å². The number of aryl methyl sites for hydroxylation is 2. The van der Waals surface area contributed by atoms with Crippen LogP contribution in [-0.4, -0.2) is 43.0 Å². The van der Waals surface area contributed by atoms with E-state index in [1.54, 1.807) is 0 Å². The first-order valence-corrected chi connectivity index (χ1v) is 9.72. The van der Waals surface area contributed by atoms with E-state index in [-0.39, 0.29) is 11.8 Å². The van der Waals surface area contributed by atoms with E-state index in [1.165, 1.54) is 10.5 Å².